The number of benzene rings is 1. The number of carbonyl (C=O) groups excluding carboxylic acids is 2. The molecule has 2 aliphatic rings. The van der Waals surface area contributed by atoms with E-state index in [0.717, 1.165) is 38.0 Å². The minimum Gasteiger partial charge on any atom is -0.348 e. The van der Waals surface area contributed by atoms with Crippen molar-refractivity contribution < 1.29 is 9.59 Å². The van der Waals surface area contributed by atoms with Gasteiger partial charge in [-0.1, -0.05) is 18.2 Å². The average Bonchev–Trinajstić information content (AvgIpc) is 2.76. The van der Waals surface area contributed by atoms with E-state index in [2.05, 4.69) is 23.7 Å². The van der Waals surface area contributed by atoms with Crippen molar-refractivity contribution in [1.82, 2.24) is 19.7 Å². The molecular formula is C25H32N4O2. The Morgan fingerprint density at radius 3 is 2.39 bits per heavy atom. The van der Waals surface area contributed by atoms with Gasteiger partial charge in [0, 0.05) is 57.7 Å². The van der Waals surface area contributed by atoms with E-state index < -0.39 is 5.54 Å². The van der Waals surface area contributed by atoms with E-state index in [9.17, 15) is 9.59 Å². The Morgan fingerprint density at radius 2 is 1.77 bits per heavy atom. The normalized spacial score (nSPS) is 20.7. The van der Waals surface area contributed by atoms with Crippen LogP contribution in [0.2, 0.25) is 0 Å². The summed E-state index contributed by atoms with van der Waals surface area (Å²) in [7, 11) is 3.63. The summed E-state index contributed by atoms with van der Waals surface area (Å²) in [5.41, 5.74) is 2.28. The number of carbonyl (C=O) groups is 2. The zero-order chi connectivity index (χ0) is 22.2. The molecule has 2 aliphatic heterocycles. The fourth-order valence-corrected chi connectivity index (χ4v) is 5.45. The quantitative estimate of drug-likeness (QED) is 0.763. The summed E-state index contributed by atoms with van der Waals surface area (Å²) in [4.78, 5) is 37.4. The van der Waals surface area contributed by atoms with Crippen LogP contribution in [0.4, 0.5) is 0 Å². The third-order valence-electron chi connectivity index (χ3n) is 6.82. The van der Waals surface area contributed by atoms with Crippen LogP contribution >= 0.6 is 0 Å². The van der Waals surface area contributed by atoms with E-state index in [4.69, 9.17) is 0 Å². The van der Waals surface area contributed by atoms with E-state index in [1.54, 1.807) is 4.90 Å². The number of fused-ring (bicyclic) bond motifs is 1. The first-order chi connectivity index (χ1) is 14.8. The van der Waals surface area contributed by atoms with Crippen LogP contribution < -0.4 is 0 Å². The van der Waals surface area contributed by atoms with E-state index in [1.807, 2.05) is 67.8 Å². The van der Waals surface area contributed by atoms with Gasteiger partial charge in [-0.3, -0.25) is 19.5 Å². The van der Waals surface area contributed by atoms with Gasteiger partial charge in [0.25, 0.3) is 5.91 Å². The van der Waals surface area contributed by atoms with Gasteiger partial charge in [-0.15, -0.1) is 0 Å². The smallest absolute Gasteiger partial charge is 0.254 e. The van der Waals surface area contributed by atoms with Crippen LogP contribution in [0.15, 0.2) is 48.8 Å². The Bertz CT molecular complexity index is 949. The van der Waals surface area contributed by atoms with Crippen molar-refractivity contribution in [3.05, 3.63) is 65.5 Å². The minimum absolute atomic E-state index is 0.0186. The van der Waals surface area contributed by atoms with Gasteiger partial charge in [0.2, 0.25) is 5.91 Å². The third kappa shape index (κ3) is 3.74. The van der Waals surface area contributed by atoms with Gasteiger partial charge in [-0.25, -0.2) is 0 Å². The molecule has 6 heteroatoms. The number of piperidine rings is 1. The molecule has 3 heterocycles. The molecular weight excluding hydrogens is 388 g/mol. The first kappa shape index (κ1) is 21.5. The summed E-state index contributed by atoms with van der Waals surface area (Å²) in [6.07, 6.45) is 5.20. The summed E-state index contributed by atoms with van der Waals surface area (Å²) < 4.78 is 0. The van der Waals surface area contributed by atoms with E-state index in [0.29, 0.717) is 5.56 Å². The van der Waals surface area contributed by atoms with Crippen LogP contribution in [-0.2, 0) is 11.3 Å². The Hall–Kier alpha value is -2.73. The molecule has 2 aromatic rings. The first-order valence-corrected chi connectivity index (χ1v) is 11.1. The summed E-state index contributed by atoms with van der Waals surface area (Å²) >= 11 is 0. The zero-order valence-electron chi connectivity index (χ0n) is 18.9. The Labute approximate surface area is 184 Å². The molecule has 1 aromatic heterocycles. The molecule has 1 atom stereocenters. The fraction of sp³-hybridized carbons (Fsp3) is 0.480. The lowest BCUT2D eigenvalue weighted by Gasteiger charge is -2.57. The molecule has 1 unspecified atom stereocenters. The topological polar surface area (TPSA) is 56.8 Å². The second-order valence-electron chi connectivity index (χ2n) is 9.26. The maximum absolute atomic E-state index is 13.6. The predicted octanol–water partition coefficient (Wildman–Crippen LogP) is 3.15. The van der Waals surface area contributed by atoms with Crippen LogP contribution in [0.3, 0.4) is 0 Å². The van der Waals surface area contributed by atoms with Crippen LogP contribution in [0.1, 0.15) is 54.1 Å². The minimum atomic E-state index is -0.504. The zero-order valence-corrected chi connectivity index (χ0v) is 18.9. The van der Waals surface area contributed by atoms with Crippen LogP contribution in [0.25, 0.3) is 0 Å². The van der Waals surface area contributed by atoms with Gasteiger partial charge in [-0.05, 0) is 56.0 Å². The highest BCUT2D eigenvalue weighted by atomic mass is 16.2. The highest BCUT2D eigenvalue weighted by Crippen LogP contribution is 2.48. The number of pyridine rings is 1. The lowest BCUT2D eigenvalue weighted by Crippen LogP contribution is -2.66. The monoisotopic (exact) mass is 420 g/mol. The first-order valence-electron chi connectivity index (χ1n) is 11.1. The Balaban J connectivity index is 1.72. The second kappa shape index (κ2) is 8.42. The maximum Gasteiger partial charge on any atom is 0.254 e. The van der Waals surface area contributed by atoms with Crippen molar-refractivity contribution in [1.29, 1.82) is 0 Å². The summed E-state index contributed by atoms with van der Waals surface area (Å²) in [5.74, 6) is -0.217. The molecule has 4 rings (SSSR count). The van der Waals surface area contributed by atoms with Gasteiger partial charge in [0.1, 0.15) is 0 Å². The summed E-state index contributed by atoms with van der Waals surface area (Å²) in [6, 6.07) is 11.8. The number of aromatic nitrogens is 1. The SMILES string of the molecule is CC(C)N1C(=O)c2ccccc2C(C(=O)N(C)C)C12CCN(Cc1ccncc1)CC2. The molecule has 0 bridgehead atoms. The van der Waals surface area contributed by atoms with Gasteiger partial charge >= 0.3 is 0 Å². The van der Waals surface area contributed by atoms with Crippen molar-refractivity contribution in [2.45, 2.75) is 50.7 Å². The molecule has 1 spiro atoms. The fourth-order valence-electron chi connectivity index (χ4n) is 5.45. The van der Waals surface area contributed by atoms with Crippen LogP contribution in [0.5, 0.6) is 0 Å². The highest BCUT2D eigenvalue weighted by Gasteiger charge is 2.56. The van der Waals surface area contributed by atoms with E-state index >= 15 is 0 Å². The molecule has 1 saturated heterocycles. The van der Waals surface area contributed by atoms with Crippen LogP contribution in [-0.4, -0.2) is 70.3 Å². The maximum atomic E-state index is 13.6. The summed E-state index contributed by atoms with van der Waals surface area (Å²) in [6.45, 7) is 6.68. The molecule has 0 N–H and O–H groups in total. The van der Waals surface area contributed by atoms with Crippen molar-refractivity contribution in [2.75, 3.05) is 27.2 Å². The molecule has 0 aliphatic carbocycles. The number of hydrogen-bond donors (Lipinski definition) is 0. The third-order valence-corrected chi connectivity index (χ3v) is 6.82. The van der Waals surface area contributed by atoms with Gasteiger partial charge in [0.15, 0.2) is 0 Å². The second-order valence-corrected chi connectivity index (χ2v) is 9.26. The Morgan fingerprint density at radius 1 is 1.13 bits per heavy atom. The number of likely N-dealkylation sites (tertiary alicyclic amines) is 1. The average molecular weight is 421 g/mol. The number of hydrogen-bond acceptors (Lipinski definition) is 4. The molecule has 6 nitrogen and oxygen atoms in total. The summed E-state index contributed by atoms with van der Waals surface area (Å²) in [5, 5.41) is 0. The lowest BCUT2D eigenvalue weighted by molar-refractivity contribution is -0.136. The predicted molar refractivity (Wildman–Crippen MR) is 121 cm³/mol. The van der Waals surface area contributed by atoms with Crippen molar-refractivity contribution in [3.8, 4) is 0 Å². The van der Waals surface area contributed by atoms with Gasteiger partial charge in [0.05, 0.1) is 11.5 Å². The number of nitrogens with zero attached hydrogens (tertiary/aromatic N) is 4. The molecule has 2 amide bonds. The van der Waals surface area contributed by atoms with Crippen molar-refractivity contribution in [2.24, 2.45) is 0 Å². The molecule has 1 aromatic carbocycles. The number of amides is 2. The molecule has 1 fully saturated rings. The molecule has 31 heavy (non-hydrogen) atoms. The van der Waals surface area contributed by atoms with Crippen LogP contribution in [0, 0.1) is 0 Å². The number of rotatable bonds is 4. The van der Waals surface area contributed by atoms with E-state index in [-0.39, 0.29) is 23.8 Å². The largest absolute Gasteiger partial charge is 0.348 e. The highest BCUT2D eigenvalue weighted by molar-refractivity contribution is 6.02. The van der Waals surface area contributed by atoms with Crippen molar-refractivity contribution in [3.63, 3.8) is 0 Å². The molecule has 164 valence electrons. The standard InChI is InChI=1S/C25H32N4O2/c1-18(2)29-23(30)21-8-6-5-7-20(21)22(24(31)27(3)4)25(29)11-15-28(16-12-25)17-19-9-13-26-14-10-19/h5-10,13-14,18,22H,11-12,15-17H2,1-4H3. The van der Waals surface area contributed by atoms with Gasteiger partial charge in [-0.2, -0.15) is 0 Å². The lowest BCUT2D eigenvalue weighted by atomic mass is 9.66. The molecule has 0 radical (unpaired) electrons. The number of likely N-dealkylation sites (N-methyl/N-ethyl adjacent to an activating group) is 1. The van der Waals surface area contributed by atoms with Gasteiger partial charge < -0.3 is 9.80 Å². The van der Waals surface area contributed by atoms with Crippen molar-refractivity contribution >= 4 is 11.8 Å². The molecule has 0 saturated carbocycles. The Kier molecular flexibility index (Phi) is 5.84. The van der Waals surface area contributed by atoms with E-state index in [1.165, 1.54) is 5.56 Å².